The number of rotatable bonds is 9. The van der Waals surface area contributed by atoms with Crippen molar-refractivity contribution < 1.29 is 19.1 Å². The van der Waals surface area contributed by atoms with Gasteiger partial charge in [0.25, 0.3) is 5.91 Å². The molecular formula is C17H21N3O4. The molecule has 0 aromatic heterocycles. The molecular weight excluding hydrogens is 310 g/mol. The summed E-state index contributed by atoms with van der Waals surface area (Å²) in [5, 5.41) is 14.5. The fraction of sp³-hybridized carbons (Fsp3) is 0.353. The highest BCUT2D eigenvalue weighted by molar-refractivity contribution is 6.06. The van der Waals surface area contributed by atoms with E-state index in [1.165, 1.54) is 6.20 Å². The summed E-state index contributed by atoms with van der Waals surface area (Å²) in [5.41, 5.74) is 0.834. The monoisotopic (exact) mass is 331 g/mol. The van der Waals surface area contributed by atoms with Crippen molar-refractivity contribution in [1.82, 2.24) is 5.32 Å². The Morgan fingerprint density at radius 2 is 2.00 bits per heavy atom. The van der Waals surface area contributed by atoms with Crippen LogP contribution in [-0.2, 0) is 14.3 Å². The lowest BCUT2D eigenvalue weighted by molar-refractivity contribution is -0.112. The summed E-state index contributed by atoms with van der Waals surface area (Å²) in [4.78, 5) is 23.6. The molecule has 1 aromatic carbocycles. The highest BCUT2D eigenvalue weighted by Gasteiger charge is 2.10. The van der Waals surface area contributed by atoms with E-state index < -0.39 is 11.9 Å². The molecule has 0 aliphatic carbocycles. The molecule has 0 saturated heterocycles. The Hall–Kier alpha value is -2.85. The quantitative estimate of drug-likeness (QED) is 0.310. The molecule has 0 saturated carbocycles. The zero-order valence-electron chi connectivity index (χ0n) is 13.8. The fourth-order valence-electron chi connectivity index (χ4n) is 1.74. The maximum absolute atomic E-state index is 12.0. The Balaban J connectivity index is 2.60. The van der Waals surface area contributed by atoms with Gasteiger partial charge in [-0.2, -0.15) is 5.26 Å². The minimum atomic E-state index is -0.527. The number of ether oxygens (including phenoxy) is 2. The molecule has 2 N–H and O–H groups in total. The number of esters is 1. The number of amides is 1. The van der Waals surface area contributed by atoms with Gasteiger partial charge in [-0.05, 0) is 37.6 Å². The van der Waals surface area contributed by atoms with Gasteiger partial charge >= 0.3 is 5.97 Å². The van der Waals surface area contributed by atoms with Gasteiger partial charge in [0.05, 0.1) is 12.2 Å². The van der Waals surface area contributed by atoms with Crippen molar-refractivity contribution in [3.8, 4) is 6.07 Å². The van der Waals surface area contributed by atoms with E-state index in [2.05, 4.69) is 10.6 Å². The number of hydrogen-bond donors (Lipinski definition) is 2. The number of nitriles is 1. The second-order valence-corrected chi connectivity index (χ2v) is 4.72. The number of nitrogens with one attached hydrogen (secondary N) is 2. The van der Waals surface area contributed by atoms with E-state index in [0.717, 1.165) is 6.42 Å². The van der Waals surface area contributed by atoms with E-state index in [9.17, 15) is 9.59 Å². The van der Waals surface area contributed by atoms with E-state index in [1.54, 1.807) is 38.3 Å². The summed E-state index contributed by atoms with van der Waals surface area (Å²) >= 11 is 0. The normalized spacial score (nSPS) is 10.6. The van der Waals surface area contributed by atoms with E-state index in [1.807, 2.05) is 6.07 Å². The maximum Gasteiger partial charge on any atom is 0.338 e. The van der Waals surface area contributed by atoms with Gasteiger partial charge in [0.1, 0.15) is 11.6 Å². The SMILES string of the molecule is CCOC(=O)c1ccc(NC(=O)/C(C#N)=C\NCCCOC)cc1. The lowest BCUT2D eigenvalue weighted by Gasteiger charge is -2.06. The summed E-state index contributed by atoms with van der Waals surface area (Å²) in [6.07, 6.45) is 2.14. The number of nitrogens with zero attached hydrogens (tertiary/aromatic N) is 1. The van der Waals surface area contributed by atoms with Crippen molar-refractivity contribution in [2.45, 2.75) is 13.3 Å². The van der Waals surface area contributed by atoms with Gasteiger partial charge in [0.2, 0.25) is 0 Å². The van der Waals surface area contributed by atoms with Crippen LogP contribution in [-0.4, -0.2) is 38.7 Å². The molecule has 7 heteroatoms. The number of benzene rings is 1. The number of hydrogen-bond acceptors (Lipinski definition) is 6. The largest absolute Gasteiger partial charge is 0.462 e. The number of anilines is 1. The molecule has 24 heavy (non-hydrogen) atoms. The van der Waals surface area contributed by atoms with Crippen LogP contribution in [0.25, 0.3) is 0 Å². The van der Waals surface area contributed by atoms with Gasteiger partial charge in [-0.3, -0.25) is 4.79 Å². The maximum atomic E-state index is 12.0. The third-order valence-electron chi connectivity index (χ3n) is 2.93. The second kappa shape index (κ2) is 10.8. The molecule has 7 nitrogen and oxygen atoms in total. The van der Waals surface area contributed by atoms with E-state index in [-0.39, 0.29) is 5.57 Å². The van der Waals surface area contributed by atoms with E-state index in [4.69, 9.17) is 14.7 Å². The van der Waals surface area contributed by atoms with Gasteiger partial charge in [-0.25, -0.2) is 4.79 Å². The number of carbonyl (C=O) groups is 2. The predicted octanol–water partition coefficient (Wildman–Crippen LogP) is 1.84. The van der Waals surface area contributed by atoms with Crippen LogP contribution < -0.4 is 10.6 Å². The average molecular weight is 331 g/mol. The highest BCUT2D eigenvalue weighted by Crippen LogP contribution is 2.11. The number of methoxy groups -OCH3 is 1. The molecule has 0 fully saturated rings. The third-order valence-corrected chi connectivity index (χ3v) is 2.93. The minimum Gasteiger partial charge on any atom is -0.462 e. The first-order valence-electron chi connectivity index (χ1n) is 7.53. The molecule has 1 aromatic rings. The Bertz CT molecular complexity index is 618. The Labute approximate surface area is 141 Å². The van der Waals surface area contributed by atoms with Crippen LogP contribution in [0.15, 0.2) is 36.0 Å². The first kappa shape index (κ1) is 19.2. The summed E-state index contributed by atoms with van der Waals surface area (Å²) in [6.45, 7) is 3.22. The predicted molar refractivity (Wildman–Crippen MR) is 89.2 cm³/mol. The molecule has 1 amide bonds. The standard InChI is InChI=1S/C17H21N3O4/c1-3-24-17(22)13-5-7-15(8-6-13)20-16(21)14(11-18)12-19-9-4-10-23-2/h5-8,12,19H,3-4,9-10H2,1-2H3,(H,20,21)/b14-12-. The Morgan fingerprint density at radius 3 is 2.58 bits per heavy atom. The smallest absolute Gasteiger partial charge is 0.338 e. The van der Waals surface area contributed by atoms with Gasteiger partial charge in [0.15, 0.2) is 0 Å². The summed E-state index contributed by atoms with van der Waals surface area (Å²) in [7, 11) is 1.61. The van der Waals surface area contributed by atoms with Crippen molar-refractivity contribution in [1.29, 1.82) is 5.26 Å². The lowest BCUT2D eigenvalue weighted by Crippen LogP contribution is -2.17. The first-order chi connectivity index (χ1) is 11.6. The summed E-state index contributed by atoms with van der Waals surface area (Å²) < 4.78 is 9.79. The molecule has 1 rings (SSSR count). The highest BCUT2D eigenvalue weighted by atomic mass is 16.5. The fourth-order valence-corrected chi connectivity index (χ4v) is 1.74. The van der Waals surface area contributed by atoms with Crippen molar-refractivity contribution >= 4 is 17.6 Å². The van der Waals surface area contributed by atoms with Gasteiger partial charge in [-0.15, -0.1) is 0 Å². The van der Waals surface area contributed by atoms with Gasteiger partial charge < -0.3 is 20.1 Å². The molecule has 0 bridgehead atoms. The van der Waals surface area contributed by atoms with Crippen LogP contribution in [0.2, 0.25) is 0 Å². The Kier molecular flexibility index (Phi) is 8.64. The molecule has 0 heterocycles. The summed E-state index contributed by atoms with van der Waals surface area (Å²) in [5.74, 6) is -0.950. The van der Waals surface area contributed by atoms with Crippen LogP contribution in [0.1, 0.15) is 23.7 Å². The van der Waals surface area contributed by atoms with Crippen LogP contribution in [0.3, 0.4) is 0 Å². The van der Waals surface area contributed by atoms with E-state index in [0.29, 0.717) is 31.0 Å². The van der Waals surface area contributed by atoms with Crippen LogP contribution in [0, 0.1) is 11.3 Å². The molecule has 0 aliphatic heterocycles. The van der Waals surface area contributed by atoms with Crippen LogP contribution in [0.4, 0.5) is 5.69 Å². The van der Waals surface area contributed by atoms with Crippen molar-refractivity contribution in [2.75, 3.05) is 32.2 Å². The second-order valence-electron chi connectivity index (χ2n) is 4.72. The van der Waals surface area contributed by atoms with Gasteiger partial charge in [0, 0.05) is 32.1 Å². The average Bonchev–Trinajstić information content (AvgIpc) is 2.59. The molecule has 0 spiro atoms. The minimum absolute atomic E-state index is 0.0399. The molecule has 0 radical (unpaired) electrons. The van der Waals surface area contributed by atoms with E-state index >= 15 is 0 Å². The molecule has 128 valence electrons. The summed E-state index contributed by atoms with van der Waals surface area (Å²) in [6, 6.07) is 8.09. The van der Waals surface area contributed by atoms with Crippen molar-refractivity contribution in [2.24, 2.45) is 0 Å². The van der Waals surface area contributed by atoms with Gasteiger partial charge in [-0.1, -0.05) is 0 Å². The van der Waals surface area contributed by atoms with Crippen molar-refractivity contribution in [3.63, 3.8) is 0 Å². The van der Waals surface area contributed by atoms with Crippen molar-refractivity contribution in [3.05, 3.63) is 41.6 Å². The molecule has 0 atom stereocenters. The van der Waals surface area contributed by atoms with Crippen LogP contribution in [0.5, 0.6) is 0 Å². The lowest BCUT2D eigenvalue weighted by atomic mass is 10.2. The topological polar surface area (TPSA) is 100 Å². The third kappa shape index (κ3) is 6.50. The molecule has 0 unspecified atom stereocenters. The molecule has 0 aliphatic rings. The first-order valence-corrected chi connectivity index (χ1v) is 7.53. The zero-order chi connectivity index (χ0) is 17.8. The number of carbonyl (C=O) groups excluding carboxylic acids is 2. The van der Waals surface area contributed by atoms with Crippen LogP contribution >= 0.6 is 0 Å². The zero-order valence-corrected chi connectivity index (χ0v) is 13.8. The Morgan fingerprint density at radius 1 is 1.29 bits per heavy atom.